The van der Waals surface area contributed by atoms with Crippen molar-refractivity contribution in [1.29, 1.82) is 0 Å². The molecule has 18 heavy (non-hydrogen) atoms. The zero-order chi connectivity index (χ0) is 13.6. The van der Waals surface area contributed by atoms with Crippen molar-refractivity contribution in [2.24, 2.45) is 5.73 Å². The molecule has 0 radical (unpaired) electrons. The average Bonchev–Trinajstić information content (AvgIpc) is 2.59. The van der Waals surface area contributed by atoms with Crippen LogP contribution in [0, 0.1) is 0 Å². The molecule has 0 saturated carbocycles. The maximum Gasteiger partial charge on any atom is 0.516 e. The Labute approximate surface area is 102 Å². The SMILES string of the molecule is N[C@@H]1CCc2cccc(NS(=O)(=O)C(F)(F)F)c21. The molecule has 0 unspecified atom stereocenters. The van der Waals surface area contributed by atoms with Gasteiger partial charge in [-0.05, 0) is 30.0 Å². The molecule has 100 valence electrons. The highest BCUT2D eigenvalue weighted by Crippen LogP contribution is 2.36. The summed E-state index contributed by atoms with van der Waals surface area (Å²) in [5.41, 5.74) is 1.57. The Hall–Kier alpha value is -1.28. The highest BCUT2D eigenvalue weighted by molar-refractivity contribution is 7.93. The van der Waals surface area contributed by atoms with Crippen LogP contribution in [0.2, 0.25) is 0 Å². The molecule has 3 N–H and O–H groups in total. The van der Waals surface area contributed by atoms with E-state index in [0.717, 1.165) is 5.56 Å². The molecular weight excluding hydrogens is 269 g/mol. The first-order valence-corrected chi connectivity index (χ1v) is 6.67. The quantitative estimate of drug-likeness (QED) is 0.869. The first-order valence-electron chi connectivity index (χ1n) is 5.19. The highest BCUT2D eigenvalue weighted by atomic mass is 32.2. The predicted molar refractivity (Wildman–Crippen MR) is 60.3 cm³/mol. The van der Waals surface area contributed by atoms with Gasteiger partial charge in [0.15, 0.2) is 0 Å². The average molecular weight is 280 g/mol. The Kier molecular flexibility index (Phi) is 3.02. The first-order chi connectivity index (χ1) is 8.22. The molecule has 1 aliphatic carbocycles. The second-order valence-corrected chi connectivity index (χ2v) is 5.75. The summed E-state index contributed by atoms with van der Waals surface area (Å²) in [7, 11) is -5.40. The molecule has 0 aromatic heterocycles. The molecule has 0 saturated heterocycles. The van der Waals surface area contributed by atoms with Gasteiger partial charge < -0.3 is 5.73 Å². The summed E-state index contributed by atoms with van der Waals surface area (Å²) >= 11 is 0. The van der Waals surface area contributed by atoms with E-state index < -0.39 is 21.6 Å². The van der Waals surface area contributed by atoms with E-state index in [0.29, 0.717) is 18.4 Å². The summed E-state index contributed by atoms with van der Waals surface area (Å²) in [4.78, 5) is 0. The largest absolute Gasteiger partial charge is 0.516 e. The molecule has 2 rings (SSSR count). The summed E-state index contributed by atoms with van der Waals surface area (Å²) in [6, 6.07) is 4.08. The van der Waals surface area contributed by atoms with Crippen molar-refractivity contribution >= 4 is 15.7 Å². The number of fused-ring (bicyclic) bond motifs is 1. The van der Waals surface area contributed by atoms with E-state index in [1.807, 2.05) is 0 Å². The van der Waals surface area contributed by atoms with Gasteiger partial charge in [0.2, 0.25) is 0 Å². The number of nitrogens with two attached hydrogens (primary N) is 1. The Bertz CT molecular complexity index is 569. The van der Waals surface area contributed by atoms with Crippen molar-refractivity contribution in [3.05, 3.63) is 29.3 Å². The normalized spacial score (nSPS) is 19.7. The number of alkyl halides is 3. The summed E-state index contributed by atoms with van der Waals surface area (Å²) in [5.74, 6) is 0. The van der Waals surface area contributed by atoms with Crippen molar-refractivity contribution in [2.75, 3.05) is 4.72 Å². The van der Waals surface area contributed by atoms with Crippen LogP contribution < -0.4 is 10.5 Å². The second kappa shape index (κ2) is 4.13. The highest BCUT2D eigenvalue weighted by Gasteiger charge is 2.46. The fourth-order valence-electron chi connectivity index (χ4n) is 2.02. The molecule has 1 aliphatic rings. The van der Waals surface area contributed by atoms with Crippen LogP contribution in [-0.4, -0.2) is 13.9 Å². The number of hydrogen-bond acceptors (Lipinski definition) is 3. The number of sulfonamides is 1. The number of aryl methyl sites for hydroxylation is 1. The zero-order valence-electron chi connectivity index (χ0n) is 9.16. The molecule has 1 aromatic rings. The maximum absolute atomic E-state index is 12.3. The Morgan fingerprint density at radius 3 is 2.61 bits per heavy atom. The van der Waals surface area contributed by atoms with Gasteiger partial charge in [0.25, 0.3) is 0 Å². The van der Waals surface area contributed by atoms with E-state index in [4.69, 9.17) is 5.73 Å². The molecule has 0 aliphatic heterocycles. The van der Waals surface area contributed by atoms with Crippen LogP contribution in [-0.2, 0) is 16.4 Å². The van der Waals surface area contributed by atoms with E-state index in [1.165, 1.54) is 12.1 Å². The van der Waals surface area contributed by atoms with Gasteiger partial charge in [0, 0.05) is 6.04 Å². The van der Waals surface area contributed by atoms with Gasteiger partial charge in [-0.15, -0.1) is 0 Å². The van der Waals surface area contributed by atoms with Crippen molar-refractivity contribution in [3.63, 3.8) is 0 Å². The van der Waals surface area contributed by atoms with E-state index >= 15 is 0 Å². The lowest BCUT2D eigenvalue weighted by Gasteiger charge is -2.15. The van der Waals surface area contributed by atoms with Gasteiger partial charge in [0.1, 0.15) is 0 Å². The van der Waals surface area contributed by atoms with Crippen LogP contribution in [0.15, 0.2) is 18.2 Å². The lowest BCUT2D eigenvalue weighted by molar-refractivity contribution is -0.0429. The molecule has 4 nitrogen and oxygen atoms in total. The molecule has 0 amide bonds. The second-order valence-electron chi connectivity index (χ2n) is 4.07. The van der Waals surface area contributed by atoms with Crippen molar-refractivity contribution in [2.45, 2.75) is 24.4 Å². The van der Waals surface area contributed by atoms with Crippen LogP contribution in [0.3, 0.4) is 0 Å². The van der Waals surface area contributed by atoms with Gasteiger partial charge in [-0.1, -0.05) is 12.1 Å². The predicted octanol–water partition coefficient (Wildman–Crippen LogP) is 1.89. The molecule has 1 atom stereocenters. The third-order valence-electron chi connectivity index (χ3n) is 2.84. The first kappa shape index (κ1) is 13.2. The molecule has 0 spiro atoms. The fourth-order valence-corrected chi connectivity index (χ4v) is 2.60. The summed E-state index contributed by atoms with van der Waals surface area (Å²) in [6.45, 7) is 0. The minimum Gasteiger partial charge on any atom is -0.324 e. The van der Waals surface area contributed by atoms with Gasteiger partial charge in [-0.3, -0.25) is 4.72 Å². The molecule has 0 fully saturated rings. The van der Waals surface area contributed by atoms with Crippen LogP contribution in [0.4, 0.5) is 18.9 Å². The standard InChI is InChI=1S/C10H11F3N2O2S/c11-10(12,13)18(16,17)15-8-3-1-2-6-4-5-7(14)9(6)8/h1-3,7,15H,4-5,14H2/t7-/m1/s1. The number of nitrogens with one attached hydrogen (secondary N) is 1. The van der Waals surface area contributed by atoms with E-state index in [-0.39, 0.29) is 5.69 Å². The molecule has 8 heteroatoms. The third kappa shape index (κ3) is 2.17. The summed E-state index contributed by atoms with van der Waals surface area (Å²) in [6.07, 6.45) is 1.23. The van der Waals surface area contributed by atoms with Gasteiger partial charge in [-0.2, -0.15) is 21.6 Å². The Morgan fingerprint density at radius 2 is 2.00 bits per heavy atom. The van der Waals surface area contributed by atoms with E-state index in [2.05, 4.69) is 0 Å². The third-order valence-corrected chi connectivity index (χ3v) is 3.94. The fraction of sp³-hybridized carbons (Fsp3) is 0.400. The van der Waals surface area contributed by atoms with Gasteiger partial charge >= 0.3 is 15.5 Å². The molecule has 0 bridgehead atoms. The summed E-state index contributed by atoms with van der Waals surface area (Å²) in [5, 5.41) is 0. The smallest absolute Gasteiger partial charge is 0.324 e. The summed E-state index contributed by atoms with van der Waals surface area (Å²) < 4.78 is 60.5. The van der Waals surface area contributed by atoms with Crippen LogP contribution in [0.1, 0.15) is 23.6 Å². The van der Waals surface area contributed by atoms with Crippen LogP contribution >= 0.6 is 0 Å². The van der Waals surface area contributed by atoms with Crippen molar-refractivity contribution < 1.29 is 21.6 Å². The number of anilines is 1. The zero-order valence-corrected chi connectivity index (χ0v) is 9.98. The van der Waals surface area contributed by atoms with Crippen molar-refractivity contribution in [3.8, 4) is 0 Å². The van der Waals surface area contributed by atoms with Gasteiger partial charge in [0.05, 0.1) is 5.69 Å². The molecule has 1 aromatic carbocycles. The molecular formula is C10H11F3N2O2S. The maximum atomic E-state index is 12.3. The Balaban J connectivity index is 2.41. The monoisotopic (exact) mass is 280 g/mol. The Morgan fingerprint density at radius 1 is 1.33 bits per heavy atom. The minimum atomic E-state index is -5.40. The minimum absolute atomic E-state index is 0.0881. The number of hydrogen-bond donors (Lipinski definition) is 2. The number of halogens is 3. The lowest BCUT2D eigenvalue weighted by Crippen LogP contribution is -2.30. The lowest BCUT2D eigenvalue weighted by atomic mass is 10.1. The van der Waals surface area contributed by atoms with Gasteiger partial charge in [-0.25, -0.2) is 0 Å². The van der Waals surface area contributed by atoms with E-state index in [1.54, 1.807) is 10.8 Å². The van der Waals surface area contributed by atoms with Crippen LogP contribution in [0.25, 0.3) is 0 Å². The number of rotatable bonds is 2. The topological polar surface area (TPSA) is 72.2 Å². The van der Waals surface area contributed by atoms with Crippen LogP contribution in [0.5, 0.6) is 0 Å². The van der Waals surface area contributed by atoms with Crippen molar-refractivity contribution in [1.82, 2.24) is 0 Å². The molecule has 0 heterocycles. The van der Waals surface area contributed by atoms with E-state index in [9.17, 15) is 21.6 Å². The number of benzene rings is 1.